The third-order valence-corrected chi connectivity index (χ3v) is 10.2. The summed E-state index contributed by atoms with van der Waals surface area (Å²) in [5.74, 6) is 1.60. The quantitative estimate of drug-likeness (QED) is 0.552. The predicted octanol–water partition coefficient (Wildman–Crippen LogP) is 3.95. The lowest BCUT2D eigenvalue weighted by molar-refractivity contribution is -0.170. The van der Waals surface area contributed by atoms with Crippen LogP contribution in [0.5, 0.6) is 0 Å². The van der Waals surface area contributed by atoms with Crippen LogP contribution in [0.25, 0.3) is 0 Å². The number of carbonyl (C=O) groups excluding carboxylic acids is 3. The van der Waals surface area contributed by atoms with E-state index in [4.69, 9.17) is 4.74 Å². The van der Waals surface area contributed by atoms with Crippen LogP contribution in [0.1, 0.15) is 78.6 Å². The topological polar surface area (TPSA) is 80.7 Å². The number of aliphatic hydroxyl groups is 1. The molecule has 0 amide bonds. The molecule has 4 fully saturated rings. The second-order valence-corrected chi connectivity index (χ2v) is 11.2. The van der Waals surface area contributed by atoms with Gasteiger partial charge in [0, 0.05) is 11.8 Å². The van der Waals surface area contributed by atoms with Gasteiger partial charge in [0.2, 0.25) is 11.6 Å². The van der Waals surface area contributed by atoms with E-state index in [1.54, 1.807) is 0 Å². The molecule has 30 heavy (non-hydrogen) atoms. The number of aliphatic hydroxyl groups excluding tert-OH is 1. The average molecular weight is 419 g/mol. The number of carbonyl (C=O) groups is 3. The summed E-state index contributed by atoms with van der Waals surface area (Å²) < 4.78 is 4.84. The molecular weight excluding hydrogens is 380 g/mol. The lowest BCUT2D eigenvalue weighted by atomic mass is 9.44. The van der Waals surface area contributed by atoms with Crippen molar-refractivity contribution in [3.05, 3.63) is 0 Å². The predicted molar refractivity (Wildman–Crippen MR) is 112 cm³/mol. The van der Waals surface area contributed by atoms with Crippen LogP contribution in [0, 0.1) is 46.3 Å². The number of fused-ring (bicyclic) bond motifs is 5. The SMILES string of the molecule is COC(=O)CC[C@@H](C)[C@H]1CC[C@H]2[C@@H]3CCC4C[C@H](O)C(=O)C(=O)[C@]4(C)[C@H]3CC[C@]12C. The van der Waals surface area contributed by atoms with Crippen molar-refractivity contribution in [3.8, 4) is 0 Å². The third-order valence-electron chi connectivity index (χ3n) is 10.2. The lowest BCUT2D eigenvalue weighted by Gasteiger charge is -2.59. The van der Waals surface area contributed by atoms with Gasteiger partial charge in [0.05, 0.1) is 7.11 Å². The second kappa shape index (κ2) is 7.72. The van der Waals surface area contributed by atoms with Crippen LogP contribution in [0.4, 0.5) is 0 Å². The van der Waals surface area contributed by atoms with Crippen LogP contribution >= 0.6 is 0 Å². The maximum Gasteiger partial charge on any atom is 0.305 e. The summed E-state index contributed by atoms with van der Waals surface area (Å²) in [6.45, 7) is 6.77. The van der Waals surface area contributed by atoms with Gasteiger partial charge in [-0.2, -0.15) is 0 Å². The van der Waals surface area contributed by atoms with E-state index < -0.39 is 17.3 Å². The summed E-state index contributed by atoms with van der Waals surface area (Å²) >= 11 is 0. The smallest absolute Gasteiger partial charge is 0.305 e. The van der Waals surface area contributed by atoms with Gasteiger partial charge in [-0.1, -0.05) is 20.8 Å². The van der Waals surface area contributed by atoms with E-state index in [-0.39, 0.29) is 29.0 Å². The zero-order valence-corrected chi connectivity index (χ0v) is 19.0. The fourth-order valence-electron chi connectivity index (χ4n) is 8.56. The normalized spacial score (nSPS) is 46.6. The zero-order chi connectivity index (χ0) is 21.8. The molecule has 4 saturated carbocycles. The van der Waals surface area contributed by atoms with Crippen molar-refractivity contribution in [2.24, 2.45) is 46.3 Å². The summed E-state index contributed by atoms with van der Waals surface area (Å²) in [5.41, 5.74) is -0.337. The molecule has 1 N–H and O–H groups in total. The van der Waals surface area contributed by atoms with Crippen LogP contribution in [0.3, 0.4) is 0 Å². The molecule has 4 rings (SSSR count). The maximum absolute atomic E-state index is 13.1. The Bertz CT molecular complexity index is 731. The van der Waals surface area contributed by atoms with Crippen LogP contribution in [-0.4, -0.2) is 35.9 Å². The number of Topliss-reactive ketones (excluding diaryl/α,β-unsaturated/α-hetero) is 2. The summed E-state index contributed by atoms with van der Waals surface area (Å²) in [4.78, 5) is 37.2. The third kappa shape index (κ3) is 3.10. The second-order valence-electron chi connectivity index (χ2n) is 11.2. The van der Waals surface area contributed by atoms with Crippen LogP contribution in [0.2, 0.25) is 0 Å². The van der Waals surface area contributed by atoms with Crippen molar-refractivity contribution in [3.63, 3.8) is 0 Å². The number of hydrogen-bond acceptors (Lipinski definition) is 5. The van der Waals surface area contributed by atoms with Crippen molar-refractivity contribution >= 4 is 17.5 Å². The fraction of sp³-hybridized carbons (Fsp3) is 0.880. The molecule has 0 aromatic carbocycles. The summed E-state index contributed by atoms with van der Waals surface area (Å²) in [6, 6.07) is 0. The molecule has 9 atom stereocenters. The lowest BCUT2D eigenvalue weighted by Crippen LogP contribution is -2.60. The van der Waals surface area contributed by atoms with Gasteiger partial charge >= 0.3 is 5.97 Å². The van der Waals surface area contributed by atoms with Crippen LogP contribution in [-0.2, 0) is 19.1 Å². The number of ketones is 2. The van der Waals surface area contributed by atoms with Gasteiger partial charge in [0.1, 0.15) is 6.10 Å². The molecule has 4 aliphatic rings. The molecule has 4 aliphatic carbocycles. The number of esters is 1. The van der Waals surface area contributed by atoms with E-state index in [1.165, 1.54) is 20.0 Å². The molecule has 0 aliphatic heterocycles. The van der Waals surface area contributed by atoms with Crippen molar-refractivity contribution in [1.82, 2.24) is 0 Å². The first-order valence-electron chi connectivity index (χ1n) is 12.0. The number of rotatable bonds is 4. The maximum atomic E-state index is 13.1. The van der Waals surface area contributed by atoms with Gasteiger partial charge < -0.3 is 9.84 Å². The standard InChI is InChI=1S/C25H38O5/c1-14(5-10-21(27)30-4)17-8-9-18-16-7-6-15-13-20(26)22(28)23(29)25(15,3)19(16)11-12-24(17,18)2/h14-20,26H,5-13H2,1-4H3/t14-,15?,16+,17-,18+,19+,20+,24-,25+/m1/s1. The minimum atomic E-state index is -1.09. The Balaban J connectivity index is 1.54. The molecule has 1 unspecified atom stereocenters. The monoisotopic (exact) mass is 418 g/mol. The van der Waals surface area contributed by atoms with E-state index in [1.807, 2.05) is 6.92 Å². The molecule has 0 aromatic rings. The Labute approximate surface area is 180 Å². The molecule has 0 aromatic heterocycles. The molecule has 5 heteroatoms. The molecule has 0 spiro atoms. The molecular formula is C25H38O5. The summed E-state index contributed by atoms with van der Waals surface area (Å²) in [7, 11) is 1.45. The van der Waals surface area contributed by atoms with E-state index in [9.17, 15) is 19.5 Å². The highest BCUT2D eigenvalue weighted by Crippen LogP contribution is 2.67. The van der Waals surface area contributed by atoms with Crippen LogP contribution in [0.15, 0.2) is 0 Å². The molecule has 0 heterocycles. The highest BCUT2D eigenvalue weighted by atomic mass is 16.5. The Morgan fingerprint density at radius 3 is 2.57 bits per heavy atom. The number of methoxy groups -OCH3 is 1. The minimum Gasteiger partial charge on any atom is -0.469 e. The zero-order valence-electron chi connectivity index (χ0n) is 19.0. The van der Waals surface area contributed by atoms with Crippen molar-refractivity contribution in [2.75, 3.05) is 7.11 Å². The molecule has 0 saturated heterocycles. The number of hydrogen-bond donors (Lipinski definition) is 1. The Morgan fingerprint density at radius 2 is 1.87 bits per heavy atom. The Morgan fingerprint density at radius 1 is 1.13 bits per heavy atom. The highest BCUT2D eigenvalue weighted by molar-refractivity contribution is 6.41. The van der Waals surface area contributed by atoms with E-state index in [2.05, 4.69) is 13.8 Å². The Kier molecular flexibility index (Phi) is 5.66. The average Bonchev–Trinajstić information content (AvgIpc) is 3.08. The van der Waals surface area contributed by atoms with Crippen molar-refractivity contribution in [2.45, 2.75) is 84.7 Å². The van der Waals surface area contributed by atoms with Gasteiger partial charge in [0.25, 0.3) is 0 Å². The number of ether oxygens (including phenoxy) is 1. The first-order valence-corrected chi connectivity index (χ1v) is 12.0. The van der Waals surface area contributed by atoms with E-state index >= 15 is 0 Å². The minimum absolute atomic E-state index is 0.126. The molecule has 0 radical (unpaired) electrons. The van der Waals surface area contributed by atoms with E-state index in [0.29, 0.717) is 36.5 Å². The van der Waals surface area contributed by atoms with Gasteiger partial charge in [0.15, 0.2) is 0 Å². The molecule has 168 valence electrons. The molecule has 5 nitrogen and oxygen atoms in total. The molecule has 0 bridgehead atoms. The highest BCUT2D eigenvalue weighted by Gasteiger charge is 2.64. The Hall–Kier alpha value is -1.23. The first kappa shape index (κ1) is 22.0. The largest absolute Gasteiger partial charge is 0.469 e. The first-order chi connectivity index (χ1) is 14.1. The summed E-state index contributed by atoms with van der Waals surface area (Å²) in [6.07, 6.45) is 7.27. The van der Waals surface area contributed by atoms with Gasteiger partial charge in [-0.3, -0.25) is 14.4 Å². The summed E-state index contributed by atoms with van der Waals surface area (Å²) in [5, 5.41) is 10.1. The van der Waals surface area contributed by atoms with Gasteiger partial charge in [-0.05, 0) is 92.3 Å². The van der Waals surface area contributed by atoms with Gasteiger partial charge in [-0.15, -0.1) is 0 Å². The van der Waals surface area contributed by atoms with Crippen LogP contribution < -0.4 is 0 Å². The van der Waals surface area contributed by atoms with Crippen molar-refractivity contribution in [1.29, 1.82) is 0 Å². The van der Waals surface area contributed by atoms with Gasteiger partial charge in [-0.25, -0.2) is 0 Å². The van der Waals surface area contributed by atoms with Crippen molar-refractivity contribution < 1.29 is 24.2 Å². The van der Waals surface area contributed by atoms with E-state index in [0.717, 1.165) is 32.1 Å². The fourth-order valence-corrected chi connectivity index (χ4v) is 8.56.